The Labute approximate surface area is 249 Å². The molecule has 43 heavy (non-hydrogen) atoms. The molecule has 0 amide bonds. The van der Waals surface area contributed by atoms with Crippen molar-refractivity contribution in [2.45, 2.75) is 0 Å². The van der Waals surface area contributed by atoms with Crippen LogP contribution in [0.3, 0.4) is 0 Å². The SMILES string of the molecule is O=P(c1ccccc1)(c1ccccc1)c1cccc(-c2cccc3c2-c2cc4c5ccccc5oc4c4cccc-3c24)c1. The summed E-state index contributed by atoms with van der Waals surface area (Å²) in [5, 5.41) is 7.12. The van der Waals surface area contributed by atoms with Crippen molar-refractivity contribution in [1.29, 1.82) is 0 Å². The van der Waals surface area contributed by atoms with E-state index in [-0.39, 0.29) is 0 Å². The van der Waals surface area contributed by atoms with Crippen molar-refractivity contribution in [1.82, 2.24) is 0 Å². The van der Waals surface area contributed by atoms with Crippen molar-refractivity contribution in [2.75, 3.05) is 0 Å². The van der Waals surface area contributed by atoms with E-state index in [9.17, 15) is 0 Å². The molecule has 0 bridgehead atoms. The summed E-state index contributed by atoms with van der Waals surface area (Å²) < 4.78 is 21.6. The van der Waals surface area contributed by atoms with Gasteiger partial charge in [-0.2, -0.15) is 0 Å². The third-order valence-corrected chi connectivity index (χ3v) is 11.9. The molecule has 1 heterocycles. The van der Waals surface area contributed by atoms with Gasteiger partial charge in [0, 0.05) is 37.5 Å². The molecule has 202 valence electrons. The van der Waals surface area contributed by atoms with Crippen LogP contribution in [0, 0.1) is 0 Å². The molecular formula is C40H25O2P. The molecule has 0 aliphatic heterocycles. The van der Waals surface area contributed by atoms with E-state index in [1.807, 2.05) is 84.9 Å². The molecule has 0 N–H and O–H groups in total. The standard InChI is InChI=1S/C40H25O2P/c41-43(27-13-3-1-4-14-27,28-15-5-2-6-16-28)29-17-9-12-26(24-29)30-19-10-20-32-33-21-11-22-34-39(33)36(38(30)32)25-35-31-18-7-8-23-37(31)42-40(34)35/h1-25H. The summed E-state index contributed by atoms with van der Waals surface area (Å²) in [6.45, 7) is 0. The smallest absolute Gasteiger partial charge is 0.171 e. The zero-order valence-corrected chi connectivity index (χ0v) is 24.1. The van der Waals surface area contributed by atoms with E-state index in [0.29, 0.717) is 0 Å². The van der Waals surface area contributed by atoms with Crippen LogP contribution < -0.4 is 15.9 Å². The lowest BCUT2D eigenvalue weighted by atomic mass is 9.92. The molecule has 0 saturated heterocycles. The van der Waals surface area contributed by atoms with Gasteiger partial charge in [-0.1, -0.05) is 133 Å². The minimum atomic E-state index is -3.11. The maximum Gasteiger partial charge on any atom is 0.171 e. The molecular weight excluding hydrogens is 543 g/mol. The largest absolute Gasteiger partial charge is 0.455 e. The predicted octanol–water partition coefficient (Wildman–Crippen LogP) is 9.69. The Balaban J connectivity index is 1.30. The minimum absolute atomic E-state index is 0.831. The molecule has 0 atom stereocenters. The van der Waals surface area contributed by atoms with Crippen molar-refractivity contribution >= 4 is 55.8 Å². The highest BCUT2D eigenvalue weighted by Gasteiger charge is 2.31. The molecule has 0 spiro atoms. The number of para-hydroxylation sites is 1. The number of hydrogen-bond donors (Lipinski definition) is 0. The summed E-state index contributed by atoms with van der Waals surface area (Å²) in [6.07, 6.45) is 0. The van der Waals surface area contributed by atoms with E-state index >= 15 is 4.57 Å². The third-order valence-electron chi connectivity index (χ3n) is 8.89. The van der Waals surface area contributed by atoms with Crippen LogP contribution >= 0.6 is 7.14 Å². The molecule has 9 rings (SSSR count). The zero-order valence-electron chi connectivity index (χ0n) is 23.2. The van der Waals surface area contributed by atoms with Crippen LogP contribution in [0.25, 0.3) is 66.1 Å². The molecule has 7 aromatic carbocycles. The lowest BCUT2D eigenvalue weighted by Gasteiger charge is -2.21. The van der Waals surface area contributed by atoms with Crippen LogP contribution in [0.5, 0.6) is 0 Å². The van der Waals surface area contributed by atoms with Crippen molar-refractivity contribution in [2.24, 2.45) is 0 Å². The van der Waals surface area contributed by atoms with Crippen LogP contribution in [0.15, 0.2) is 156 Å². The lowest BCUT2D eigenvalue weighted by molar-refractivity contribution is 0.592. The molecule has 1 aliphatic rings. The van der Waals surface area contributed by atoms with Crippen molar-refractivity contribution in [3.05, 3.63) is 152 Å². The topological polar surface area (TPSA) is 30.2 Å². The monoisotopic (exact) mass is 568 g/mol. The van der Waals surface area contributed by atoms with Gasteiger partial charge in [0.05, 0.1) is 0 Å². The van der Waals surface area contributed by atoms with Crippen molar-refractivity contribution < 1.29 is 8.98 Å². The third kappa shape index (κ3) is 3.45. The predicted molar refractivity (Wildman–Crippen MR) is 180 cm³/mol. The first-order valence-electron chi connectivity index (χ1n) is 14.5. The van der Waals surface area contributed by atoms with Gasteiger partial charge < -0.3 is 8.98 Å². The van der Waals surface area contributed by atoms with Gasteiger partial charge in [-0.15, -0.1) is 0 Å². The fraction of sp³-hybridized carbons (Fsp3) is 0. The molecule has 8 aromatic rings. The van der Waals surface area contributed by atoms with Gasteiger partial charge in [0.2, 0.25) is 0 Å². The highest BCUT2D eigenvalue weighted by molar-refractivity contribution is 7.85. The molecule has 3 heteroatoms. The van der Waals surface area contributed by atoms with E-state index in [0.717, 1.165) is 54.4 Å². The fourth-order valence-electron chi connectivity index (χ4n) is 6.98. The van der Waals surface area contributed by atoms with Gasteiger partial charge in [0.15, 0.2) is 7.14 Å². The maximum atomic E-state index is 15.2. The van der Waals surface area contributed by atoms with Crippen molar-refractivity contribution in [3.63, 3.8) is 0 Å². The summed E-state index contributed by atoms with van der Waals surface area (Å²) in [5.41, 5.74) is 8.90. The Morgan fingerprint density at radius 3 is 1.84 bits per heavy atom. The number of furan rings is 1. The first kappa shape index (κ1) is 24.4. The van der Waals surface area contributed by atoms with Gasteiger partial charge in [-0.25, -0.2) is 0 Å². The Morgan fingerprint density at radius 1 is 0.442 bits per heavy atom. The van der Waals surface area contributed by atoms with Crippen LogP contribution in [0.2, 0.25) is 0 Å². The average Bonchev–Trinajstić information content (AvgIpc) is 3.62. The maximum absolute atomic E-state index is 15.2. The number of fused-ring (bicyclic) bond motifs is 7. The zero-order chi connectivity index (χ0) is 28.5. The number of hydrogen-bond acceptors (Lipinski definition) is 2. The Kier molecular flexibility index (Phi) is 5.21. The number of rotatable bonds is 4. The summed E-state index contributed by atoms with van der Waals surface area (Å²) in [7, 11) is -3.11. The molecule has 0 unspecified atom stereocenters. The van der Waals surface area contributed by atoms with E-state index in [1.54, 1.807) is 0 Å². The summed E-state index contributed by atoms with van der Waals surface area (Å²) in [6, 6.07) is 51.8. The van der Waals surface area contributed by atoms with Crippen LogP contribution in [-0.4, -0.2) is 0 Å². The van der Waals surface area contributed by atoms with Crippen LogP contribution in [0.1, 0.15) is 0 Å². The first-order valence-corrected chi connectivity index (χ1v) is 16.3. The molecule has 0 fully saturated rings. The van der Waals surface area contributed by atoms with E-state index in [1.165, 1.54) is 27.6 Å². The Bertz CT molecular complexity index is 2380. The Hall–Kier alpha value is -5.17. The van der Waals surface area contributed by atoms with E-state index in [2.05, 4.69) is 66.7 Å². The van der Waals surface area contributed by atoms with Crippen LogP contribution in [-0.2, 0) is 4.57 Å². The fourth-order valence-corrected chi connectivity index (χ4v) is 9.67. The molecule has 1 aromatic heterocycles. The first-order chi connectivity index (χ1) is 21.2. The molecule has 2 nitrogen and oxygen atoms in total. The van der Waals surface area contributed by atoms with Gasteiger partial charge in [0.25, 0.3) is 0 Å². The van der Waals surface area contributed by atoms with Gasteiger partial charge in [-0.3, -0.25) is 0 Å². The van der Waals surface area contributed by atoms with Crippen molar-refractivity contribution in [3.8, 4) is 33.4 Å². The summed E-state index contributed by atoms with van der Waals surface area (Å²) >= 11 is 0. The number of benzene rings is 7. The second-order valence-electron chi connectivity index (χ2n) is 11.2. The highest BCUT2D eigenvalue weighted by Crippen LogP contribution is 2.54. The quantitative estimate of drug-likeness (QED) is 0.198. The van der Waals surface area contributed by atoms with Crippen LogP contribution in [0.4, 0.5) is 0 Å². The normalized spacial score (nSPS) is 12.3. The summed E-state index contributed by atoms with van der Waals surface area (Å²) in [4.78, 5) is 0. The van der Waals surface area contributed by atoms with Gasteiger partial charge in [-0.05, 0) is 51.6 Å². The lowest BCUT2D eigenvalue weighted by Crippen LogP contribution is -2.25. The van der Waals surface area contributed by atoms with Gasteiger partial charge in [0.1, 0.15) is 11.2 Å². The van der Waals surface area contributed by atoms with E-state index in [4.69, 9.17) is 4.42 Å². The molecule has 1 aliphatic carbocycles. The summed E-state index contributed by atoms with van der Waals surface area (Å²) in [5.74, 6) is 0. The Morgan fingerprint density at radius 2 is 1.05 bits per heavy atom. The second kappa shape index (κ2) is 9.16. The minimum Gasteiger partial charge on any atom is -0.455 e. The molecule has 0 radical (unpaired) electrons. The highest BCUT2D eigenvalue weighted by atomic mass is 31.2. The van der Waals surface area contributed by atoms with Gasteiger partial charge >= 0.3 is 0 Å². The molecule has 0 saturated carbocycles. The second-order valence-corrected chi connectivity index (χ2v) is 14.0. The average molecular weight is 569 g/mol. The van der Waals surface area contributed by atoms with E-state index < -0.39 is 7.14 Å².